The molecule has 0 aromatic heterocycles. The summed E-state index contributed by atoms with van der Waals surface area (Å²) in [6, 6.07) is 4.79. The van der Waals surface area contributed by atoms with E-state index in [1.165, 1.54) is 0 Å². The fourth-order valence-corrected chi connectivity index (χ4v) is 2.87. The van der Waals surface area contributed by atoms with Gasteiger partial charge >= 0.3 is 5.97 Å². The summed E-state index contributed by atoms with van der Waals surface area (Å²) in [4.78, 5) is 23.9. The Morgan fingerprint density at radius 2 is 2.11 bits per heavy atom. The minimum Gasteiger partial charge on any atom is -0.465 e. The number of benzene rings is 1. The number of esters is 1. The summed E-state index contributed by atoms with van der Waals surface area (Å²) >= 11 is 11.7. The average molecular weight is 285 g/mol. The quantitative estimate of drug-likeness (QED) is 0.619. The minimum atomic E-state index is -0.552. The zero-order valence-corrected chi connectivity index (χ0v) is 10.9. The summed E-state index contributed by atoms with van der Waals surface area (Å²) in [6.07, 6.45) is 1.23. The molecule has 2 fully saturated rings. The van der Waals surface area contributed by atoms with Crippen LogP contribution < -0.4 is 0 Å². The Bertz CT molecular complexity index is 555. The van der Waals surface area contributed by atoms with Gasteiger partial charge in [0.2, 0.25) is 0 Å². The maximum absolute atomic E-state index is 12.3. The highest BCUT2D eigenvalue weighted by atomic mass is 35.5. The highest BCUT2D eigenvalue weighted by Crippen LogP contribution is 2.59. The smallest absolute Gasteiger partial charge is 0.312 e. The molecule has 0 radical (unpaired) electrons. The third-order valence-corrected chi connectivity index (χ3v) is 4.52. The van der Waals surface area contributed by atoms with Gasteiger partial charge in [-0.05, 0) is 31.0 Å². The van der Waals surface area contributed by atoms with Gasteiger partial charge in [0, 0.05) is 11.5 Å². The molecule has 1 spiro atoms. The number of Topliss-reactive ketones (excluding diaryl/α,β-unsaturated/α-hetero) is 1. The van der Waals surface area contributed by atoms with Gasteiger partial charge in [-0.3, -0.25) is 9.59 Å². The second-order valence-corrected chi connectivity index (χ2v) is 5.61. The van der Waals surface area contributed by atoms with Gasteiger partial charge in [-0.15, -0.1) is 0 Å². The van der Waals surface area contributed by atoms with Crippen molar-refractivity contribution < 1.29 is 14.3 Å². The molecule has 1 aliphatic heterocycles. The van der Waals surface area contributed by atoms with Gasteiger partial charge in [0.1, 0.15) is 0 Å². The van der Waals surface area contributed by atoms with Gasteiger partial charge in [0.25, 0.3) is 0 Å². The maximum Gasteiger partial charge on any atom is 0.312 e. The van der Waals surface area contributed by atoms with E-state index in [0.29, 0.717) is 35.1 Å². The largest absolute Gasteiger partial charge is 0.465 e. The first-order chi connectivity index (χ1) is 8.54. The SMILES string of the molecule is O=C(c1ccc(Cl)c(Cl)c1)C1CC12CCOC2=O. The molecule has 2 atom stereocenters. The molecule has 1 aliphatic carbocycles. The van der Waals surface area contributed by atoms with Crippen molar-refractivity contribution in [1.82, 2.24) is 0 Å². The summed E-state index contributed by atoms with van der Waals surface area (Å²) in [5, 5.41) is 0.769. The predicted octanol–water partition coefficient (Wildman–Crippen LogP) is 3.13. The molecule has 0 bridgehead atoms. The van der Waals surface area contributed by atoms with Crippen LogP contribution in [0.25, 0.3) is 0 Å². The molecule has 1 aromatic rings. The van der Waals surface area contributed by atoms with Crippen LogP contribution in [0.4, 0.5) is 0 Å². The molecule has 3 rings (SSSR count). The second kappa shape index (κ2) is 3.97. The van der Waals surface area contributed by atoms with Gasteiger partial charge in [-0.2, -0.15) is 0 Å². The van der Waals surface area contributed by atoms with Crippen molar-refractivity contribution in [3.63, 3.8) is 0 Å². The molecule has 1 aromatic carbocycles. The summed E-state index contributed by atoms with van der Waals surface area (Å²) in [5.74, 6) is -0.543. The number of rotatable bonds is 2. The Hall–Kier alpha value is -1.06. The second-order valence-electron chi connectivity index (χ2n) is 4.79. The molecule has 94 valence electrons. The number of carbonyl (C=O) groups is 2. The summed E-state index contributed by atoms with van der Waals surface area (Å²) in [5.41, 5.74) is -0.0469. The number of carbonyl (C=O) groups excluding carboxylic acids is 2. The van der Waals surface area contributed by atoms with Gasteiger partial charge in [-0.25, -0.2) is 0 Å². The van der Waals surface area contributed by atoms with Crippen LogP contribution in [0.2, 0.25) is 10.0 Å². The van der Waals surface area contributed by atoms with E-state index >= 15 is 0 Å². The van der Waals surface area contributed by atoms with Crippen molar-refractivity contribution in [1.29, 1.82) is 0 Å². The van der Waals surface area contributed by atoms with Crippen LogP contribution >= 0.6 is 23.2 Å². The number of hydrogen-bond acceptors (Lipinski definition) is 3. The Morgan fingerprint density at radius 1 is 1.33 bits per heavy atom. The standard InChI is InChI=1S/C13H10Cl2O3/c14-9-2-1-7(5-10(9)15)11(16)8-6-13(8)3-4-18-12(13)17/h1-2,5,8H,3-4,6H2. The van der Waals surface area contributed by atoms with Crippen molar-refractivity contribution in [3.8, 4) is 0 Å². The minimum absolute atomic E-state index is 0.0487. The first kappa shape index (κ1) is 12.0. The summed E-state index contributed by atoms with van der Waals surface area (Å²) in [7, 11) is 0. The van der Waals surface area contributed by atoms with E-state index in [4.69, 9.17) is 27.9 Å². The van der Waals surface area contributed by atoms with Gasteiger partial charge in [0.05, 0.1) is 22.1 Å². The van der Waals surface area contributed by atoms with Crippen LogP contribution in [-0.4, -0.2) is 18.4 Å². The molecule has 1 heterocycles. The number of ether oxygens (including phenoxy) is 1. The lowest BCUT2D eigenvalue weighted by Crippen LogP contribution is -2.16. The van der Waals surface area contributed by atoms with Crippen LogP contribution in [0.15, 0.2) is 18.2 Å². The molecule has 2 aliphatic rings. The highest BCUT2D eigenvalue weighted by molar-refractivity contribution is 6.42. The fourth-order valence-electron chi connectivity index (χ4n) is 2.57. The monoisotopic (exact) mass is 284 g/mol. The number of halogens is 2. The van der Waals surface area contributed by atoms with E-state index in [2.05, 4.69) is 0 Å². The first-order valence-corrected chi connectivity index (χ1v) is 6.47. The van der Waals surface area contributed by atoms with Crippen molar-refractivity contribution in [2.45, 2.75) is 12.8 Å². The fraction of sp³-hybridized carbons (Fsp3) is 0.385. The van der Waals surface area contributed by atoms with Crippen molar-refractivity contribution in [3.05, 3.63) is 33.8 Å². The molecular weight excluding hydrogens is 275 g/mol. The van der Waals surface area contributed by atoms with Gasteiger partial charge in [-0.1, -0.05) is 23.2 Å². The third kappa shape index (κ3) is 1.65. The molecule has 0 N–H and O–H groups in total. The maximum atomic E-state index is 12.3. The Kier molecular flexibility index (Phi) is 2.65. The average Bonchev–Trinajstić information content (AvgIpc) is 2.96. The van der Waals surface area contributed by atoms with Crippen LogP contribution in [0, 0.1) is 11.3 Å². The van der Waals surface area contributed by atoms with Crippen LogP contribution in [0.3, 0.4) is 0 Å². The zero-order chi connectivity index (χ0) is 12.9. The lowest BCUT2D eigenvalue weighted by atomic mass is 9.97. The Labute approximate surface area is 114 Å². The number of hydrogen-bond donors (Lipinski definition) is 0. The van der Waals surface area contributed by atoms with Crippen molar-refractivity contribution in [2.24, 2.45) is 11.3 Å². The zero-order valence-electron chi connectivity index (χ0n) is 9.41. The topological polar surface area (TPSA) is 43.4 Å². The van der Waals surface area contributed by atoms with E-state index in [9.17, 15) is 9.59 Å². The molecule has 3 nitrogen and oxygen atoms in total. The van der Waals surface area contributed by atoms with Crippen LogP contribution in [0.1, 0.15) is 23.2 Å². The van der Waals surface area contributed by atoms with Gasteiger partial charge in [0.15, 0.2) is 5.78 Å². The van der Waals surface area contributed by atoms with E-state index in [1.54, 1.807) is 18.2 Å². The molecular formula is C13H10Cl2O3. The Balaban J connectivity index is 1.84. The van der Waals surface area contributed by atoms with Crippen molar-refractivity contribution >= 4 is 35.0 Å². The highest BCUT2D eigenvalue weighted by Gasteiger charge is 2.66. The molecule has 1 saturated carbocycles. The third-order valence-electron chi connectivity index (χ3n) is 3.78. The first-order valence-electron chi connectivity index (χ1n) is 5.71. The van der Waals surface area contributed by atoms with Crippen LogP contribution in [-0.2, 0) is 9.53 Å². The van der Waals surface area contributed by atoms with E-state index in [0.717, 1.165) is 0 Å². The van der Waals surface area contributed by atoms with E-state index in [-0.39, 0.29) is 17.7 Å². The summed E-state index contributed by atoms with van der Waals surface area (Å²) in [6.45, 7) is 0.421. The molecule has 18 heavy (non-hydrogen) atoms. The van der Waals surface area contributed by atoms with Crippen molar-refractivity contribution in [2.75, 3.05) is 6.61 Å². The van der Waals surface area contributed by atoms with Gasteiger partial charge < -0.3 is 4.74 Å². The lowest BCUT2D eigenvalue weighted by molar-refractivity contribution is -0.142. The molecule has 1 saturated heterocycles. The normalized spacial score (nSPS) is 29.4. The lowest BCUT2D eigenvalue weighted by Gasteiger charge is -2.05. The number of ketones is 1. The molecule has 0 amide bonds. The Morgan fingerprint density at radius 3 is 2.72 bits per heavy atom. The molecule has 2 unspecified atom stereocenters. The summed E-state index contributed by atoms with van der Waals surface area (Å²) < 4.78 is 4.95. The van der Waals surface area contributed by atoms with E-state index in [1.807, 2.05) is 0 Å². The number of cyclic esters (lactones) is 1. The van der Waals surface area contributed by atoms with E-state index < -0.39 is 5.41 Å². The molecule has 5 heteroatoms. The predicted molar refractivity (Wildman–Crippen MR) is 66.9 cm³/mol. The van der Waals surface area contributed by atoms with Crippen LogP contribution in [0.5, 0.6) is 0 Å².